The number of aliphatic hydroxyl groups is 1. The monoisotopic (exact) mass is 248 g/mol. The molecular formula is C10H20N2O3S. The molecule has 0 aliphatic carbocycles. The number of hydrogen-bond acceptors (Lipinski definition) is 5. The minimum Gasteiger partial charge on any atom is -0.396 e. The average Bonchev–Trinajstić information content (AvgIpc) is 2.34. The van der Waals surface area contributed by atoms with Gasteiger partial charge in [-0.25, -0.2) is 0 Å². The zero-order valence-electron chi connectivity index (χ0n) is 9.41. The van der Waals surface area contributed by atoms with E-state index in [0.717, 1.165) is 24.5 Å². The minimum atomic E-state index is -0.198. The molecule has 5 nitrogen and oxygen atoms in total. The Kier molecular flexibility index (Phi) is 7.58. The van der Waals surface area contributed by atoms with Crippen molar-refractivity contribution in [3.8, 4) is 0 Å². The summed E-state index contributed by atoms with van der Waals surface area (Å²) < 4.78 is 5.21. The summed E-state index contributed by atoms with van der Waals surface area (Å²) in [4.78, 5) is 11.6. The van der Waals surface area contributed by atoms with Crippen molar-refractivity contribution in [2.24, 2.45) is 0 Å². The Labute approximate surface area is 100 Å². The maximum Gasteiger partial charge on any atom is 0.239 e. The van der Waals surface area contributed by atoms with Crippen molar-refractivity contribution in [1.29, 1.82) is 0 Å². The summed E-state index contributed by atoms with van der Waals surface area (Å²) in [6.45, 7) is 2.80. The zero-order valence-corrected chi connectivity index (χ0v) is 10.2. The Morgan fingerprint density at radius 3 is 3.12 bits per heavy atom. The van der Waals surface area contributed by atoms with E-state index in [4.69, 9.17) is 9.84 Å². The van der Waals surface area contributed by atoms with Gasteiger partial charge in [0.2, 0.25) is 5.91 Å². The van der Waals surface area contributed by atoms with Gasteiger partial charge in [0.15, 0.2) is 0 Å². The van der Waals surface area contributed by atoms with Gasteiger partial charge in [-0.3, -0.25) is 4.79 Å². The molecule has 1 fully saturated rings. The fourth-order valence-electron chi connectivity index (χ4n) is 1.37. The molecule has 3 N–H and O–H groups in total. The molecule has 6 heteroatoms. The molecule has 0 aromatic carbocycles. The molecule has 1 saturated heterocycles. The molecular weight excluding hydrogens is 228 g/mol. The van der Waals surface area contributed by atoms with E-state index in [-0.39, 0.29) is 18.6 Å². The number of nitrogens with one attached hydrogen (secondary N) is 2. The van der Waals surface area contributed by atoms with Crippen molar-refractivity contribution >= 4 is 17.7 Å². The lowest BCUT2D eigenvalue weighted by Crippen LogP contribution is -2.51. The molecule has 94 valence electrons. The quantitative estimate of drug-likeness (QED) is 0.515. The van der Waals surface area contributed by atoms with Crippen molar-refractivity contribution in [3.63, 3.8) is 0 Å². The van der Waals surface area contributed by atoms with Crippen LogP contribution in [-0.4, -0.2) is 61.5 Å². The van der Waals surface area contributed by atoms with E-state index < -0.39 is 0 Å². The molecule has 0 spiro atoms. The number of aliphatic hydroxyl groups excluding tert-OH is 1. The van der Waals surface area contributed by atoms with Gasteiger partial charge in [0.05, 0.1) is 13.2 Å². The predicted molar refractivity (Wildman–Crippen MR) is 64.6 cm³/mol. The van der Waals surface area contributed by atoms with E-state index in [1.165, 1.54) is 0 Å². The molecule has 1 rings (SSSR count). The van der Waals surface area contributed by atoms with Crippen molar-refractivity contribution in [2.45, 2.75) is 12.5 Å². The summed E-state index contributed by atoms with van der Waals surface area (Å²) in [5.41, 5.74) is 0. The molecule has 1 aliphatic rings. The van der Waals surface area contributed by atoms with E-state index in [9.17, 15) is 4.79 Å². The van der Waals surface area contributed by atoms with Crippen LogP contribution in [0.5, 0.6) is 0 Å². The fraction of sp³-hybridized carbons (Fsp3) is 0.900. The molecule has 1 unspecified atom stereocenters. The first-order chi connectivity index (χ1) is 7.84. The molecule has 1 aliphatic heterocycles. The highest BCUT2D eigenvalue weighted by atomic mass is 32.2. The van der Waals surface area contributed by atoms with Crippen LogP contribution in [0.4, 0.5) is 0 Å². The van der Waals surface area contributed by atoms with E-state index >= 15 is 0 Å². The first kappa shape index (κ1) is 13.8. The number of carbonyl (C=O) groups is 1. The van der Waals surface area contributed by atoms with E-state index in [1.54, 1.807) is 11.8 Å². The Morgan fingerprint density at radius 2 is 2.44 bits per heavy atom. The standard InChI is InChI=1S/C10H20N2O3S/c13-4-1-6-16-7-3-12-10(14)9-8-15-5-2-11-9/h9,11,13H,1-8H2,(H,12,14). The predicted octanol–water partition coefficient (Wildman–Crippen LogP) is -0.793. The average molecular weight is 248 g/mol. The molecule has 0 radical (unpaired) electrons. The van der Waals surface area contributed by atoms with Gasteiger partial charge < -0.3 is 20.5 Å². The normalized spacial score (nSPS) is 20.7. The number of carbonyl (C=O) groups excluding carboxylic acids is 1. The van der Waals surface area contributed by atoms with E-state index in [0.29, 0.717) is 19.8 Å². The smallest absolute Gasteiger partial charge is 0.239 e. The van der Waals surface area contributed by atoms with Crippen LogP contribution in [0.25, 0.3) is 0 Å². The second-order valence-electron chi connectivity index (χ2n) is 3.56. The van der Waals surface area contributed by atoms with Crippen LogP contribution < -0.4 is 10.6 Å². The molecule has 0 bridgehead atoms. The Bertz CT molecular complexity index is 199. The summed E-state index contributed by atoms with van der Waals surface area (Å²) in [5.74, 6) is 1.85. The summed E-state index contributed by atoms with van der Waals surface area (Å²) in [6.07, 6.45) is 0.816. The number of hydrogen-bond donors (Lipinski definition) is 3. The van der Waals surface area contributed by atoms with Crippen LogP contribution in [0.1, 0.15) is 6.42 Å². The Morgan fingerprint density at radius 1 is 1.56 bits per heavy atom. The molecule has 1 amide bonds. The molecule has 1 heterocycles. The maximum absolute atomic E-state index is 11.6. The molecule has 0 aromatic rings. The van der Waals surface area contributed by atoms with Crippen LogP contribution in [0.3, 0.4) is 0 Å². The second-order valence-corrected chi connectivity index (χ2v) is 4.79. The van der Waals surface area contributed by atoms with Crippen molar-refractivity contribution in [3.05, 3.63) is 0 Å². The lowest BCUT2D eigenvalue weighted by Gasteiger charge is -2.22. The SMILES string of the molecule is O=C(NCCSCCCO)C1COCCN1. The number of rotatable bonds is 7. The third-order valence-electron chi connectivity index (χ3n) is 2.23. The molecule has 0 aromatic heterocycles. The highest BCUT2D eigenvalue weighted by Gasteiger charge is 2.20. The number of amides is 1. The lowest BCUT2D eigenvalue weighted by atomic mass is 10.2. The van der Waals surface area contributed by atoms with E-state index in [1.807, 2.05) is 0 Å². The van der Waals surface area contributed by atoms with Crippen molar-refractivity contribution < 1.29 is 14.6 Å². The summed E-state index contributed by atoms with van der Waals surface area (Å²) in [7, 11) is 0. The summed E-state index contributed by atoms with van der Waals surface area (Å²) in [5, 5.41) is 14.5. The summed E-state index contributed by atoms with van der Waals surface area (Å²) in [6, 6.07) is -0.198. The molecule has 1 atom stereocenters. The van der Waals surface area contributed by atoms with Gasteiger partial charge in [0, 0.05) is 25.4 Å². The lowest BCUT2D eigenvalue weighted by molar-refractivity contribution is -0.125. The van der Waals surface area contributed by atoms with E-state index in [2.05, 4.69) is 10.6 Å². The topological polar surface area (TPSA) is 70.6 Å². The number of morpholine rings is 1. The zero-order chi connectivity index (χ0) is 11.6. The largest absolute Gasteiger partial charge is 0.396 e. The third-order valence-corrected chi connectivity index (χ3v) is 3.30. The van der Waals surface area contributed by atoms with Gasteiger partial charge in [0.1, 0.15) is 6.04 Å². The maximum atomic E-state index is 11.6. The Balaban J connectivity index is 1.97. The summed E-state index contributed by atoms with van der Waals surface area (Å²) >= 11 is 1.74. The Hall–Kier alpha value is -0.300. The first-order valence-corrected chi connectivity index (χ1v) is 6.77. The highest BCUT2D eigenvalue weighted by Crippen LogP contribution is 2.00. The second kappa shape index (κ2) is 8.81. The van der Waals surface area contributed by atoms with Gasteiger partial charge in [-0.1, -0.05) is 0 Å². The number of ether oxygens (including phenoxy) is 1. The minimum absolute atomic E-state index is 0.0162. The number of thioether (sulfide) groups is 1. The molecule has 16 heavy (non-hydrogen) atoms. The van der Waals surface area contributed by atoms with Crippen LogP contribution in [0.2, 0.25) is 0 Å². The fourth-order valence-corrected chi connectivity index (χ4v) is 2.16. The van der Waals surface area contributed by atoms with Crippen LogP contribution in [0, 0.1) is 0 Å². The molecule has 0 saturated carbocycles. The third kappa shape index (κ3) is 5.69. The van der Waals surface area contributed by atoms with Gasteiger partial charge in [-0.05, 0) is 12.2 Å². The van der Waals surface area contributed by atoms with Gasteiger partial charge >= 0.3 is 0 Å². The van der Waals surface area contributed by atoms with Gasteiger partial charge in [0.25, 0.3) is 0 Å². The first-order valence-electron chi connectivity index (χ1n) is 5.62. The van der Waals surface area contributed by atoms with Crippen LogP contribution >= 0.6 is 11.8 Å². The van der Waals surface area contributed by atoms with Crippen LogP contribution in [0.15, 0.2) is 0 Å². The van der Waals surface area contributed by atoms with Crippen LogP contribution in [-0.2, 0) is 9.53 Å². The van der Waals surface area contributed by atoms with Crippen molar-refractivity contribution in [2.75, 3.05) is 44.4 Å². The highest BCUT2D eigenvalue weighted by molar-refractivity contribution is 7.99. The van der Waals surface area contributed by atoms with Gasteiger partial charge in [-0.2, -0.15) is 11.8 Å². The van der Waals surface area contributed by atoms with Crippen molar-refractivity contribution in [1.82, 2.24) is 10.6 Å². The van der Waals surface area contributed by atoms with Gasteiger partial charge in [-0.15, -0.1) is 0 Å².